The van der Waals surface area contributed by atoms with E-state index in [1.54, 1.807) is 32.1 Å². The molecule has 7 heteroatoms. The van der Waals surface area contributed by atoms with E-state index >= 15 is 0 Å². The Morgan fingerprint density at radius 2 is 1.71 bits per heavy atom. The van der Waals surface area contributed by atoms with Gasteiger partial charge in [0.25, 0.3) is 0 Å². The van der Waals surface area contributed by atoms with Crippen molar-refractivity contribution in [3.63, 3.8) is 0 Å². The molecule has 1 atom stereocenters. The van der Waals surface area contributed by atoms with Crippen LogP contribution >= 0.6 is 0 Å². The van der Waals surface area contributed by atoms with E-state index in [0.717, 1.165) is 0 Å². The summed E-state index contributed by atoms with van der Waals surface area (Å²) in [6, 6.07) is 2.63. The summed E-state index contributed by atoms with van der Waals surface area (Å²) in [5.41, 5.74) is 0.583. The fourth-order valence-electron chi connectivity index (χ4n) is 1.94. The van der Waals surface area contributed by atoms with Crippen molar-refractivity contribution >= 4 is 18.0 Å². The molecule has 24 heavy (non-hydrogen) atoms. The van der Waals surface area contributed by atoms with Crippen LogP contribution in [0, 0.1) is 0 Å². The molecule has 7 nitrogen and oxygen atoms in total. The fourth-order valence-corrected chi connectivity index (χ4v) is 1.94. The summed E-state index contributed by atoms with van der Waals surface area (Å²) in [7, 11) is 4.55. The number of nitrogens with one attached hydrogen (secondary N) is 1. The molecule has 0 saturated carbocycles. The van der Waals surface area contributed by atoms with Gasteiger partial charge in [-0.1, -0.05) is 0 Å². The highest BCUT2D eigenvalue weighted by atomic mass is 16.5. The minimum atomic E-state index is -0.734. The van der Waals surface area contributed by atoms with E-state index < -0.39 is 17.9 Å². The monoisotopic (exact) mass is 337 g/mol. The number of hydrogen-bond acceptors (Lipinski definition) is 6. The van der Waals surface area contributed by atoms with Gasteiger partial charge in [0.2, 0.25) is 5.91 Å². The molecule has 1 amide bonds. The molecule has 0 aliphatic carbocycles. The maximum Gasteiger partial charge on any atom is 0.328 e. The summed E-state index contributed by atoms with van der Waals surface area (Å²) in [6.07, 6.45) is 2.84. The molecule has 1 rings (SSSR count). The topological polar surface area (TPSA) is 83.1 Å². The summed E-state index contributed by atoms with van der Waals surface area (Å²) in [5, 5.41) is 2.53. The summed E-state index contributed by atoms with van der Waals surface area (Å²) in [5.74, 6) is 0.637. The summed E-state index contributed by atoms with van der Waals surface area (Å²) in [4.78, 5) is 23.5. The normalized spacial score (nSPS) is 11.7. The van der Waals surface area contributed by atoms with E-state index in [0.29, 0.717) is 22.8 Å². The van der Waals surface area contributed by atoms with Crippen LogP contribution in [0.2, 0.25) is 0 Å². The number of carbonyl (C=O) groups is 2. The zero-order valence-electron chi connectivity index (χ0n) is 14.5. The molecule has 1 aromatic carbocycles. The first kappa shape index (κ1) is 19.3. The van der Waals surface area contributed by atoms with Crippen LogP contribution < -0.4 is 19.5 Å². The molecule has 0 aliphatic rings. The Morgan fingerprint density at radius 1 is 1.12 bits per heavy atom. The van der Waals surface area contributed by atoms with Gasteiger partial charge in [0.15, 0.2) is 0 Å². The molecule has 0 aromatic heterocycles. The lowest BCUT2D eigenvalue weighted by molar-refractivity contribution is -0.146. The molecule has 132 valence electrons. The van der Waals surface area contributed by atoms with Gasteiger partial charge in [-0.05, 0) is 19.9 Å². The molecule has 0 unspecified atom stereocenters. The van der Waals surface area contributed by atoms with E-state index in [9.17, 15) is 9.59 Å². The highest BCUT2D eigenvalue weighted by Gasteiger charge is 2.16. The maximum atomic E-state index is 11.9. The average molecular weight is 337 g/mol. The lowest BCUT2D eigenvalue weighted by atomic mass is 10.1. The van der Waals surface area contributed by atoms with Crippen LogP contribution in [0.15, 0.2) is 18.2 Å². The maximum absolute atomic E-state index is 11.9. The van der Waals surface area contributed by atoms with Crippen molar-refractivity contribution in [1.29, 1.82) is 0 Å². The van der Waals surface area contributed by atoms with Gasteiger partial charge in [-0.25, -0.2) is 4.79 Å². The standard InChI is InChI=1S/C17H23NO6/c1-6-24-17(20)11(2)18-16(19)8-7-13-14(22-4)9-12(21-3)10-15(13)23-5/h7-11H,6H2,1-5H3,(H,18,19)/b8-7+/t11-/m0/s1. The highest BCUT2D eigenvalue weighted by Crippen LogP contribution is 2.34. The van der Waals surface area contributed by atoms with Crippen LogP contribution in [-0.2, 0) is 14.3 Å². The van der Waals surface area contributed by atoms with Crippen molar-refractivity contribution in [2.45, 2.75) is 19.9 Å². The van der Waals surface area contributed by atoms with E-state index in [1.807, 2.05) is 0 Å². The van der Waals surface area contributed by atoms with Gasteiger partial charge in [0.05, 0.1) is 33.5 Å². The third-order valence-corrected chi connectivity index (χ3v) is 3.15. The second-order valence-corrected chi connectivity index (χ2v) is 4.76. The SMILES string of the molecule is CCOC(=O)[C@H](C)NC(=O)/C=C/c1c(OC)cc(OC)cc1OC. The number of methoxy groups -OCH3 is 3. The Labute approximate surface area is 141 Å². The molecule has 1 aromatic rings. The van der Waals surface area contributed by atoms with Crippen molar-refractivity contribution in [3.8, 4) is 17.2 Å². The van der Waals surface area contributed by atoms with Crippen molar-refractivity contribution < 1.29 is 28.5 Å². The predicted octanol–water partition coefficient (Wildman–Crippen LogP) is 1.79. The second kappa shape index (κ2) is 9.44. The number of hydrogen-bond donors (Lipinski definition) is 1. The zero-order chi connectivity index (χ0) is 18.1. The Bertz CT molecular complexity index is 586. The van der Waals surface area contributed by atoms with E-state index in [1.165, 1.54) is 27.4 Å². The van der Waals surface area contributed by atoms with Crippen LogP contribution in [0.5, 0.6) is 17.2 Å². The van der Waals surface area contributed by atoms with Crippen LogP contribution in [0.25, 0.3) is 6.08 Å². The molecule has 0 heterocycles. The molecule has 0 saturated heterocycles. The molecular weight excluding hydrogens is 314 g/mol. The Hall–Kier alpha value is -2.70. The highest BCUT2D eigenvalue weighted by molar-refractivity contribution is 5.95. The van der Waals surface area contributed by atoms with Crippen LogP contribution in [-0.4, -0.2) is 45.9 Å². The van der Waals surface area contributed by atoms with Crippen molar-refractivity contribution in [1.82, 2.24) is 5.32 Å². The third-order valence-electron chi connectivity index (χ3n) is 3.15. The quantitative estimate of drug-likeness (QED) is 0.575. The van der Waals surface area contributed by atoms with E-state index in [4.69, 9.17) is 18.9 Å². The number of ether oxygens (including phenoxy) is 4. The average Bonchev–Trinajstić information content (AvgIpc) is 2.59. The smallest absolute Gasteiger partial charge is 0.328 e. The molecular formula is C17H23NO6. The molecule has 0 spiro atoms. The van der Waals surface area contributed by atoms with Gasteiger partial charge >= 0.3 is 5.97 Å². The number of esters is 1. The van der Waals surface area contributed by atoms with Crippen molar-refractivity contribution in [2.75, 3.05) is 27.9 Å². The summed E-state index contributed by atoms with van der Waals surface area (Å²) >= 11 is 0. The van der Waals surface area contributed by atoms with Crippen LogP contribution in [0.4, 0.5) is 0 Å². The first-order chi connectivity index (χ1) is 11.5. The van der Waals surface area contributed by atoms with Crippen molar-refractivity contribution in [3.05, 3.63) is 23.8 Å². The second-order valence-electron chi connectivity index (χ2n) is 4.76. The number of rotatable bonds is 8. The molecule has 0 radical (unpaired) electrons. The van der Waals surface area contributed by atoms with Crippen LogP contribution in [0.1, 0.15) is 19.4 Å². The number of carbonyl (C=O) groups excluding carboxylic acids is 2. The lowest BCUT2D eigenvalue weighted by Crippen LogP contribution is -2.38. The first-order valence-electron chi connectivity index (χ1n) is 7.42. The largest absolute Gasteiger partial charge is 0.496 e. The minimum Gasteiger partial charge on any atom is -0.496 e. The minimum absolute atomic E-state index is 0.259. The third kappa shape index (κ3) is 5.19. The van der Waals surface area contributed by atoms with Gasteiger partial charge in [-0.2, -0.15) is 0 Å². The van der Waals surface area contributed by atoms with Gasteiger partial charge in [0, 0.05) is 18.2 Å². The predicted molar refractivity (Wildman–Crippen MR) is 89.4 cm³/mol. The first-order valence-corrected chi connectivity index (χ1v) is 7.42. The molecule has 1 N–H and O–H groups in total. The molecule has 0 fully saturated rings. The zero-order valence-corrected chi connectivity index (χ0v) is 14.5. The van der Waals surface area contributed by atoms with E-state index in [2.05, 4.69) is 5.32 Å². The fraction of sp³-hybridized carbons (Fsp3) is 0.412. The summed E-state index contributed by atoms with van der Waals surface area (Å²) in [6.45, 7) is 3.52. The molecule has 0 aliphatic heterocycles. The lowest BCUT2D eigenvalue weighted by Gasteiger charge is -2.13. The number of amides is 1. The van der Waals surface area contributed by atoms with Crippen molar-refractivity contribution in [2.24, 2.45) is 0 Å². The summed E-state index contributed by atoms with van der Waals surface area (Å²) < 4.78 is 20.6. The Balaban J connectivity index is 2.93. The Morgan fingerprint density at radius 3 is 2.17 bits per heavy atom. The molecule has 0 bridgehead atoms. The van der Waals surface area contributed by atoms with Gasteiger partial charge in [-0.3, -0.25) is 4.79 Å². The van der Waals surface area contributed by atoms with Crippen LogP contribution in [0.3, 0.4) is 0 Å². The van der Waals surface area contributed by atoms with Gasteiger partial charge in [-0.15, -0.1) is 0 Å². The van der Waals surface area contributed by atoms with E-state index in [-0.39, 0.29) is 6.61 Å². The van der Waals surface area contributed by atoms with Gasteiger partial charge in [0.1, 0.15) is 23.3 Å². The number of benzene rings is 1. The Kier molecular flexibility index (Phi) is 7.61. The van der Waals surface area contributed by atoms with Gasteiger partial charge < -0.3 is 24.3 Å².